The maximum Gasteiger partial charge on any atom is 0.253 e. The first kappa shape index (κ1) is 23.5. The van der Waals surface area contributed by atoms with Crippen LogP contribution in [0.2, 0.25) is 0 Å². The van der Waals surface area contributed by atoms with Crippen molar-refractivity contribution in [3.05, 3.63) is 59.9 Å². The third-order valence-electron chi connectivity index (χ3n) is 7.55. The van der Waals surface area contributed by atoms with Crippen molar-refractivity contribution < 1.29 is 9.59 Å². The number of aromatic nitrogens is 2. The van der Waals surface area contributed by atoms with Crippen molar-refractivity contribution in [3.63, 3.8) is 0 Å². The van der Waals surface area contributed by atoms with Crippen LogP contribution in [0.4, 0.5) is 5.69 Å². The van der Waals surface area contributed by atoms with Crippen LogP contribution in [0, 0.1) is 5.92 Å². The minimum Gasteiger partial charge on any atom is -0.336 e. The standard InChI is InChI=1S/C28H35N5O2/c1-31-25-13-12-23(29-27(34)21-8-4-2-5-9-21)20-24(25)30-26(31)14-15-32-16-18-33(19-17-32)28(35)22-10-6-3-7-11-22/h3,6-7,10-13,20-21H,2,4-5,8-9,14-19H2,1H3,(H,29,34). The normalized spacial score (nSPS) is 17.6. The van der Waals surface area contributed by atoms with Crippen LogP contribution in [0.15, 0.2) is 48.5 Å². The van der Waals surface area contributed by atoms with Crippen molar-refractivity contribution in [2.75, 3.05) is 38.0 Å². The SMILES string of the molecule is Cn1c(CCN2CCN(C(=O)c3ccccc3)CC2)nc2cc(NC(=O)C3CCCCC3)ccc21. The van der Waals surface area contributed by atoms with Crippen LogP contribution in [-0.4, -0.2) is 63.9 Å². The van der Waals surface area contributed by atoms with Crippen LogP contribution >= 0.6 is 0 Å². The second kappa shape index (κ2) is 10.6. The molecule has 1 N–H and O–H groups in total. The molecule has 3 aromatic rings. The Morgan fingerprint density at radius 1 is 0.971 bits per heavy atom. The van der Waals surface area contributed by atoms with Gasteiger partial charge < -0.3 is 14.8 Å². The fourth-order valence-electron chi connectivity index (χ4n) is 5.36. The minimum atomic E-state index is 0.118. The van der Waals surface area contributed by atoms with E-state index in [1.54, 1.807) is 0 Å². The first-order valence-corrected chi connectivity index (χ1v) is 12.9. The summed E-state index contributed by atoms with van der Waals surface area (Å²) in [6.07, 6.45) is 6.39. The summed E-state index contributed by atoms with van der Waals surface area (Å²) < 4.78 is 2.15. The second-order valence-corrected chi connectivity index (χ2v) is 9.86. The van der Waals surface area contributed by atoms with Crippen molar-refractivity contribution in [2.45, 2.75) is 38.5 Å². The lowest BCUT2D eigenvalue weighted by Crippen LogP contribution is -2.49. The number of carbonyl (C=O) groups is 2. The van der Waals surface area contributed by atoms with Crippen molar-refractivity contribution >= 4 is 28.5 Å². The summed E-state index contributed by atoms with van der Waals surface area (Å²) in [7, 11) is 2.06. The van der Waals surface area contributed by atoms with Gasteiger partial charge in [-0.05, 0) is 43.2 Å². The Bertz CT molecular complexity index is 1170. The number of anilines is 1. The molecule has 2 aromatic carbocycles. The van der Waals surface area contributed by atoms with E-state index in [9.17, 15) is 9.59 Å². The zero-order valence-corrected chi connectivity index (χ0v) is 20.6. The lowest BCUT2D eigenvalue weighted by atomic mass is 9.88. The van der Waals surface area contributed by atoms with Gasteiger partial charge in [-0.15, -0.1) is 0 Å². The van der Waals surface area contributed by atoms with E-state index in [4.69, 9.17) is 4.98 Å². The minimum absolute atomic E-state index is 0.118. The maximum atomic E-state index is 12.7. The van der Waals surface area contributed by atoms with Crippen LogP contribution in [0.5, 0.6) is 0 Å². The lowest BCUT2D eigenvalue weighted by Gasteiger charge is -2.34. The molecule has 0 spiro atoms. The third-order valence-corrected chi connectivity index (χ3v) is 7.55. The molecule has 0 radical (unpaired) electrons. The van der Waals surface area contributed by atoms with Crippen LogP contribution in [0.1, 0.15) is 48.3 Å². The first-order chi connectivity index (χ1) is 17.1. The third kappa shape index (κ3) is 5.40. The molecule has 2 aliphatic rings. The highest BCUT2D eigenvalue weighted by Crippen LogP contribution is 2.26. The largest absolute Gasteiger partial charge is 0.336 e. The molecule has 7 nitrogen and oxygen atoms in total. The van der Waals surface area contributed by atoms with E-state index >= 15 is 0 Å². The molecule has 1 saturated carbocycles. The monoisotopic (exact) mass is 473 g/mol. The molecule has 5 rings (SSSR count). The van der Waals surface area contributed by atoms with Gasteiger partial charge in [0.2, 0.25) is 5.91 Å². The highest BCUT2D eigenvalue weighted by Gasteiger charge is 2.23. The molecule has 1 saturated heterocycles. The van der Waals surface area contributed by atoms with E-state index in [2.05, 4.69) is 27.9 Å². The Balaban J connectivity index is 1.16. The number of imidazole rings is 1. The highest BCUT2D eigenvalue weighted by atomic mass is 16.2. The Labute approximate surface area is 207 Å². The number of hydrogen-bond acceptors (Lipinski definition) is 4. The first-order valence-electron chi connectivity index (χ1n) is 12.9. The fourth-order valence-corrected chi connectivity index (χ4v) is 5.36. The lowest BCUT2D eigenvalue weighted by molar-refractivity contribution is -0.120. The predicted molar refractivity (Wildman–Crippen MR) is 138 cm³/mol. The number of nitrogens with one attached hydrogen (secondary N) is 1. The molecule has 2 fully saturated rings. The fraction of sp³-hybridized carbons (Fsp3) is 0.464. The van der Waals surface area contributed by atoms with Gasteiger partial charge in [0.1, 0.15) is 5.82 Å². The molecule has 35 heavy (non-hydrogen) atoms. The average molecular weight is 474 g/mol. The molecule has 2 amide bonds. The van der Waals surface area contributed by atoms with Crippen molar-refractivity contribution in [1.29, 1.82) is 0 Å². The summed E-state index contributed by atoms with van der Waals surface area (Å²) in [5, 5.41) is 3.11. The molecule has 184 valence electrons. The number of amides is 2. The van der Waals surface area contributed by atoms with E-state index in [-0.39, 0.29) is 17.7 Å². The summed E-state index contributed by atoms with van der Waals surface area (Å²) in [6.45, 7) is 4.16. The zero-order valence-electron chi connectivity index (χ0n) is 20.6. The number of hydrogen-bond donors (Lipinski definition) is 1. The molecule has 2 heterocycles. The predicted octanol–water partition coefficient (Wildman–Crippen LogP) is 4.09. The quantitative estimate of drug-likeness (QED) is 0.585. The summed E-state index contributed by atoms with van der Waals surface area (Å²) >= 11 is 0. The number of piperazine rings is 1. The van der Waals surface area contributed by atoms with Crippen molar-refractivity contribution in [2.24, 2.45) is 13.0 Å². The maximum absolute atomic E-state index is 12.7. The van der Waals surface area contributed by atoms with Gasteiger partial charge in [0.25, 0.3) is 5.91 Å². The summed E-state index contributed by atoms with van der Waals surface area (Å²) in [5.41, 5.74) is 3.59. The van der Waals surface area contributed by atoms with Crippen molar-refractivity contribution in [1.82, 2.24) is 19.4 Å². The Hall–Kier alpha value is -3.19. The zero-order chi connectivity index (χ0) is 24.2. The Kier molecular flexibility index (Phi) is 7.13. The number of fused-ring (bicyclic) bond motifs is 1. The van der Waals surface area contributed by atoms with Crippen LogP contribution in [0.3, 0.4) is 0 Å². The smallest absolute Gasteiger partial charge is 0.253 e. The summed E-state index contributed by atoms with van der Waals surface area (Å²) in [4.78, 5) is 34.5. The number of benzene rings is 2. The molecule has 1 aromatic heterocycles. The van der Waals surface area contributed by atoms with Crippen molar-refractivity contribution in [3.8, 4) is 0 Å². The van der Waals surface area contributed by atoms with E-state index in [0.717, 1.165) is 92.9 Å². The molecule has 1 aliphatic carbocycles. The van der Waals surface area contributed by atoms with Gasteiger partial charge >= 0.3 is 0 Å². The number of nitrogens with zero attached hydrogens (tertiary/aromatic N) is 4. The van der Waals surface area contributed by atoms with E-state index in [1.807, 2.05) is 47.4 Å². The van der Waals surface area contributed by atoms with Crippen LogP contribution < -0.4 is 5.32 Å². The average Bonchev–Trinajstić information content (AvgIpc) is 3.22. The summed E-state index contributed by atoms with van der Waals surface area (Å²) in [6, 6.07) is 15.5. The van der Waals surface area contributed by atoms with Gasteiger partial charge in [-0.2, -0.15) is 0 Å². The molecule has 0 atom stereocenters. The van der Waals surface area contributed by atoms with Gasteiger partial charge in [-0.3, -0.25) is 14.5 Å². The topological polar surface area (TPSA) is 70.5 Å². The molecular weight excluding hydrogens is 438 g/mol. The number of carbonyl (C=O) groups excluding carboxylic acids is 2. The second-order valence-electron chi connectivity index (χ2n) is 9.86. The van der Waals surface area contributed by atoms with Gasteiger partial charge in [-0.25, -0.2) is 4.98 Å². The van der Waals surface area contributed by atoms with Gasteiger partial charge in [0, 0.05) is 63.4 Å². The molecule has 0 bridgehead atoms. The van der Waals surface area contributed by atoms with Gasteiger partial charge in [-0.1, -0.05) is 37.5 Å². The Morgan fingerprint density at radius 2 is 1.71 bits per heavy atom. The van der Waals surface area contributed by atoms with Gasteiger partial charge in [0.15, 0.2) is 0 Å². The van der Waals surface area contributed by atoms with E-state index < -0.39 is 0 Å². The van der Waals surface area contributed by atoms with E-state index in [1.165, 1.54) is 6.42 Å². The molecule has 7 heteroatoms. The molecular formula is C28H35N5O2. The number of rotatable bonds is 6. The summed E-state index contributed by atoms with van der Waals surface area (Å²) in [5.74, 6) is 1.44. The number of aryl methyl sites for hydroxylation is 1. The highest BCUT2D eigenvalue weighted by molar-refractivity contribution is 5.95. The molecule has 1 aliphatic heterocycles. The van der Waals surface area contributed by atoms with Gasteiger partial charge in [0.05, 0.1) is 11.0 Å². The van der Waals surface area contributed by atoms with E-state index in [0.29, 0.717) is 0 Å². The van der Waals surface area contributed by atoms with Crippen LogP contribution in [-0.2, 0) is 18.3 Å². The Morgan fingerprint density at radius 3 is 2.46 bits per heavy atom. The molecule has 0 unspecified atom stereocenters. The van der Waals surface area contributed by atoms with Crippen LogP contribution in [0.25, 0.3) is 11.0 Å².